The number of fused-ring (bicyclic) bond motifs is 1. The molecular weight excluding hydrogens is 370 g/mol. The SMILES string of the molecule is OCc1cc2c(-c3ccccc3C(F)(F)F)cn(-c3ccccc3)c2cc1F. The van der Waals surface area contributed by atoms with Crippen LogP contribution in [0.4, 0.5) is 17.6 Å². The summed E-state index contributed by atoms with van der Waals surface area (Å²) in [5.41, 5.74) is 0.708. The van der Waals surface area contributed by atoms with Gasteiger partial charge in [-0.05, 0) is 35.9 Å². The molecule has 0 unspecified atom stereocenters. The van der Waals surface area contributed by atoms with Crippen LogP contribution in [0.1, 0.15) is 11.1 Å². The Morgan fingerprint density at radius 3 is 2.21 bits per heavy atom. The topological polar surface area (TPSA) is 25.2 Å². The summed E-state index contributed by atoms with van der Waals surface area (Å²) in [7, 11) is 0. The van der Waals surface area contributed by atoms with E-state index in [9.17, 15) is 22.7 Å². The standard InChI is InChI=1S/C22H15F4NO/c23-20-11-21-17(10-14(20)13-28)18(12-27(21)15-6-2-1-3-7-15)16-8-4-5-9-19(16)22(24,25)26/h1-12,28H,13H2. The molecule has 2 nitrogen and oxygen atoms in total. The van der Waals surface area contributed by atoms with Crippen molar-refractivity contribution in [2.24, 2.45) is 0 Å². The van der Waals surface area contributed by atoms with Gasteiger partial charge in [0.2, 0.25) is 0 Å². The van der Waals surface area contributed by atoms with Crippen LogP contribution in [0.5, 0.6) is 0 Å². The fraction of sp³-hybridized carbons (Fsp3) is 0.0909. The van der Waals surface area contributed by atoms with Gasteiger partial charge in [-0.15, -0.1) is 0 Å². The second-order valence-corrected chi connectivity index (χ2v) is 6.41. The van der Waals surface area contributed by atoms with Crippen molar-refractivity contribution in [1.29, 1.82) is 0 Å². The van der Waals surface area contributed by atoms with Gasteiger partial charge in [-0.3, -0.25) is 0 Å². The van der Waals surface area contributed by atoms with Crippen LogP contribution < -0.4 is 0 Å². The second kappa shape index (κ2) is 6.80. The summed E-state index contributed by atoms with van der Waals surface area (Å²) in [6.45, 7) is -0.543. The average molecular weight is 385 g/mol. The number of para-hydroxylation sites is 1. The van der Waals surface area contributed by atoms with Crippen LogP contribution in [0.25, 0.3) is 27.7 Å². The number of nitrogens with zero attached hydrogens (tertiary/aromatic N) is 1. The third-order valence-corrected chi connectivity index (χ3v) is 4.70. The highest BCUT2D eigenvalue weighted by atomic mass is 19.4. The Kier molecular flexibility index (Phi) is 4.43. The van der Waals surface area contributed by atoms with Gasteiger partial charge >= 0.3 is 6.18 Å². The minimum absolute atomic E-state index is 0.00480. The molecule has 1 N–H and O–H groups in total. The molecule has 1 heterocycles. The molecule has 0 aliphatic rings. The summed E-state index contributed by atoms with van der Waals surface area (Å²) in [5, 5.41) is 9.86. The smallest absolute Gasteiger partial charge is 0.392 e. The Hall–Kier alpha value is -3.12. The molecular formula is C22H15F4NO. The third-order valence-electron chi connectivity index (χ3n) is 4.70. The van der Waals surface area contributed by atoms with Crippen LogP contribution in [-0.4, -0.2) is 9.67 Å². The number of hydrogen-bond acceptors (Lipinski definition) is 1. The van der Waals surface area contributed by atoms with E-state index in [1.807, 2.05) is 6.07 Å². The predicted octanol–water partition coefficient (Wildman–Crippen LogP) is 5.95. The first kappa shape index (κ1) is 18.3. The largest absolute Gasteiger partial charge is 0.417 e. The Balaban J connectivity index is 2.08. The number of hydrogen-bond donors (Lipinski definition) is 1. The van der Waals surface area contributed by atoms with Crippen molar-refractivity contribution in [2.45, 2.75) is 12.8 Å². The number of benzene rings is 3. The number of aromatic nitrogens is 1. The van der Waals surface area contributed by atoms with Gasteiger partial charge in [0.15, 0.2) is 0 Å². The van der Waals surface area contributed by atoms with Gasteiger partial charge in [0, 0.05) is 28.4 Å². The van der Waals surface area contributed by atoms with E-state index in [0.717, 1.165) is 6.07 Å². The highest BCUT2D eigenvalue weighted by Gasteiger charge is 2.34. The number of aliphatic hydroxyl groups is 1. The molecule has 0 saturated carbocycles. The molecule has 6 heteroatoms. The van der Waals surface area contributed by atoms with Crippen molar-refractivity contribution in [3.8, 4) is 16.8 Å². The third kappa shape index (κ3) is 3.05. The predicted molar refractivity (Wildman–Crippen MR) is 99.6 cm³/mol. The highest BCUT2D eigenvalue weighted by Crippen LogP contribution is 2.41. The van der Waals surface area contributed by atoms with Crippen molar-refractivity contribution in [3.05, 3.63) is 89.9 Å². The first-order valence-corrected chi connectivity index (χ1v) is 8.56. The molecule has 142 valence electrons. The summed E-state index contributed by atoms with van der Waals surface area (Å²) < 4.78 is 56.7. The molecule has 0 bridgehead atoms. The highest BCUT2D eigenvalue weighted by molar-refractivity contribution is 5.98. The summed E-state index contributed by atoms with van der Waals surface area (Å²) >= 11 is 0. The number of rotatable bonds is 3. The summed E-state index contributed by atoms with van der Waals surface area (Å²) in [5.74, 6) is -0.610. The zero-order chi connectivity index (χ0) is 19.9. The maximum Gasteiger partial charge on any atom is 0.417 e. The quantitative estimate of drug-likeness (QED) is 0.433. The van der Waals surface area contributed by atoms with Crippen molar-refractivity contribution in [3.63, 3.8) is 0 Å². The molecule has 0 amide bonds. The molecule has 0 aliphatic heterocycles. The first-order chi connectivity index (χ1) is 13.4. The van der Waals surface area contributed by atoms with E-state index in [0.29, 0.717) is 22.2 Å². The average Bonchev–Trinajstić information content (AvgIpc) is 3.05. The van der Waals surface area contributed by atoms with Gasteiger partial charge in [0.25, 0.3) is 0 Å². The maximum absolute atomic E-state index is 14.3. The Labute approximate surface area is 158 Å². The van der Waals surface area contributed by atoms with Crippen LogP contribution in [0.2, 0.25) is 0 Å². The van der Waals surface area contributed by atoms with Crippen LogP contribution in [0, 0.1) is 5.82 Å². The van der Waals surface area contributed by atoms with E-state index in [1.54, 1.807) is 35.0 Å². The van der Waals surface area contributed by atoms with E-state index in [4.69, 9.17) is 0 Å². The number of halogens is 4. The number of aliphatic hydroxyl groups excluding tert-OH is 1. The summed E-state index contributed by atoms with van der Waals surface area (Å²) in [6.07, 6.45) is -2.96. The normalized spacial score (nSPS) is 11.9. The van der Waals surface area contributed by atoms with Gasteiger partial charge < -0.3 is 9.67 Å². The lowest BCUT2D eigenvalue weighted by atomic mass is 9.98. The molecule has 4 rings (SSSR count). The Bertz CT molecular complexity index is 1150. The van der Waals surface area contributed by atoms with Gasteiger partial charge in [0.1, 0.15) is 5.82 Å². The lowest BCUT2D eigenvalue weighted by Gasteiger charge is -2.12. The van der Waals surface area contributed by atoms with Gasteiger partial charge in [0.05, 0.1) is 17.7 Å². The Morgan fingerprint density at radius 2 is 1.54 bits per heavy atom. The monoisotopic (exact) mass is 385 g/mol. The van der Waals surface area contributed by atoms with E-state index in [-0.39, 0.29) is 11.1 Å². The molecule has 0 radical (unpaired) electrons. The first-order valence-electron chi connectivity index (χ1n) is 8.56. The van der Waals surface area contributed by atoms with Crippen molar-refractivity contribution < 1.29 is 22.7 Å². The number of alkyl halides is 3. The maximum atomic E-state index is 14.3. The van der Waals surface area contributed by atoms with Gasteiger partial charge in [-0.25, -0.2) is 4.39 Å². The van der Waals surface area contributed by atoms with E-state index in [1.165, 1.54) is 30.3 Å². The van der Waals surface area contributed by atoms with Crippen molar-refractivity contribution in [1.82, 2.24) is 4.57 Å². The molecule has 3 aromatic carbocycles. The lowest BCUT2D eigenvalue weighted by molar-refractivity contribution is -0.137. The molecule has 0 saturated heterocycles. The zero-order valence-corrected chi connectivity index (χ0v) is 14.5. The molecule has 1 aromatic heterocycles. The fourth-order valence-electron chi connectivity index (χ4n) is 3.39. The molecule has 0 fully saturated rings. The minimum atomic E-state index is -4.53. The summed E-state index contributed by atoms with van der Waals surface area (Å²) in [6, 6.07) is 16.9. The zero-order valence-electron chi connectivity index (χ0n) is 14.5. The van der Waals surface area contributed by atoms with Gasteiger partial charge in [-0.2, -0.15) is 13.2 Å². The molecule has 0 aliphatic carbocycles. The van der Waals surface area contributed by atoms with Crippen LogP contribution in [0.15, 0.2) is 72.9 Å². The minimum Gasteiger partial charge on any atom is -0.392 e. The molecule has 4 aromatic rings. The molecule has 28 heavy (non-hydrogen) atoms. The Morgan fingerprint density at radius 1 is 0.857 bits per heavy atom. The van der Waals surface area contributed by atoms with Crippen molar-refractivity contribution in [2.75, 3.05) is 0 Å². The van der Waals surface area contributed by atoms with Gasteiger partial charge in [-0.1, -0.05) is 36.4 Å². The van der Waals surface area contributed by atoms with E-state index in [2.05, 4.69) is 0 Å². The fourth-order valence-corrected chi connectivity index (χ4v) is 3.39. The van der Waals surface area contributed by atoms with E-state index < -0.39 is 24.2 Å². The summed E-state index contributed by atoms with van der Waals surface area (Å²) in [4.78, 5) is 0. The van der Waals surface area contributed by atoms with E-state index >= 15 is 0 Å². The van der Waals surface area contributed by atoms with Crippen LogP contribution in [0.3, 0.4) is 0 Å². The van der Waals surface area contributed by atoms with Crippen LogP contribution >= 0.6 is 0 Å². The van der Waals surface area contributed by atoms with Crippen LogP contribution in [-0.2, 0) is 12.8 Å². The van der Waals surface area contributed by atoms with Crippen molar-refractivity contribution >= 4 is 10.9 Å². The second-order valence-electron chi connectivity index (χ2n) is 6.41. The molecule has 0 spiro atoms. The molecule has 0 atom stereocenters. The lowest BCUT2D eigenvalue weighted by Crippen LogP contribution is -2.06.